The minimum absolute atomic E-state index is 0.108. The lowest BCUT2D eigenvalue weighted by Gasteiger charge is -2.27. The Labute approximate surface area is 235 Å². The van der Waals surface area contributed by atoms with E-state index in [2.05, 4.69) is 103 Å². The summed E-state index contributed by atoms with van der Waals surface area (Å²) < 4.78 is 0. The SMILES string of the molecule is O=C(C(c1ccccc1)c1ccccc1)[C@@H]1C=c2ccc3c(c2CC1)C(Cc1ccccc1)C=c1ccccc1=3. The Bertz CT molecular complexity index is 1850. The van der Waals surface area contributed by atoms with Crippen LogP contribution in [0.25, 0.3) is 12.2 Å². The van der Waals surface area contributed by atoms with E-state index in [0.29, 0.717) is 11.7 Å². The van der Waals surface area contributed by atoms with E-state index < -0.39 is 0 Å². The van der Waals surface area contributed by atoms with Crippen molar-refractivity contribution in [1.82, 2.24) is 0 Å². The number of hydrogen-bond acceptors (Lipinski definition) is 1. The van der Waals surface area contributed by atoms with Crippen molar-refractivity contribution in [3.05, 3.63) is 176 Å². The van der Waals surface area contributed by atoms with Crippen molar-refractivity contribution in [1.29, 1.82) is 0 Å². The van der Waals surface area contributed by atoms with Gasteiger partial charge in [-0.05, 0) is 68.0 Å². The van der Waals surface area contributed by atoms with Crippen LogP contribution in [0.1, 0.15) is 46.1 Å². The molecule has 40 heavy (non-hydrogen) atoms. The zero-order chi connectivity index (χ0) is 26.9. The standard InChI is InChI=1S/C39H32O/c40-39(37(28-14-6-2-7-15-28)29-16-8-3-9-17-29)32-21-22-35-31(25-32)20-23-36-34-19-11-10-18-30(34)26-33(38(35)36)24-27-12-4-1-5-13-27/h1-20,23,25-26,32-33,37H,21-22,24H2/t32-,33?/m0/s1. The van der Waals surface area contributed by atoms with Crippen LogP contribution in [0.4, 0.5) is 0 Å². The smallest absolute Gasteiger partial charge is 0.151 e. The number of carbonyl (C=O) groups excluding carboxylic acids is 1. The molecule has 0 aliphatic heterocycles. The highest BCUT2D eigenvalue weighted by molar-refractivity contribution is 5.95. The Kier molecular flexibility index (Phi) is 6.49. The molecule has 0 N–H and O–H groups in total. The lowest BCUT2D eigenvalue weighted by Crippen LogP contribution is -2.30. The summed E-state index contributed by atoms with van der Waals surface area (Å²) in [5, 5.41) is 5.21. The van der Waals surface area contributed by atoms with Gasteiger partial charge in [-0.15, -0.1) is 0 Å². The largest absolute Gasteiger partial charge is 0.298 e. The van der Waals surface area contributed by atoms with E-state index >= 15 is 0 Å². The monoisotopic (exact) mass is 516 g/mol. The van der Waals surface area contributed by atoms with Crippen LogP contribution < -0.4 is 10.4 Å². The highest BCUT2D eigenvalue weighted by Gasteiger charge is 2.31. The molecule has 1 nitrogen and oxygen atoms in total. The average Bonchev–Trinajstić information content (AvgIpc) is 3.02. The molecule has 5 aromatic carbocycles. The fourth-order valence-electron chi connectivity index (χ4n) is 6.84. The van der Waals surface area contributed by atoms with E-state index in [1.165, 1.54) is 37.6 Å². The minimum atomic E-state index is -0.256. The summed E-state index contributed by atoms with van der Waals surface area (Å²) in [5.41, 5.74) is 6.36. The van der Waals surface area contributed by atoms with Crippen molar-refractivity contribution >= 4 is 17.9 Å². The molecule has 5 aromatic rings. The molecule has 0 fully saturated rings. The van der Waals surface area contributed by atoms with Crippen LogP contribution in [0.2, 0.25) is 0 Å². The van der Waals surface area contributed by atoms with E-state index in [1.807, 2.05) is 36.4 Å². The zero-order valence-corrected chi connectivity index (χ0v) is 22.5. The van der Waals surface area contributed by atoms with Crippen LogP contribution in [0.15, 0.2) is 127 Å². The molecule has 0 bridgehead atoms. The molecule has 0 saturated heterocycles. The third-order valence-corrected chi connectivity index (χ3v) is 8.70. The van der Waals surface area contributed by atoms with Gasteiger partial charge in [0.05, 0.1) is 5.92 Å². The molecule has 1 heteroatoms. The molecule has 2 atom stereocenters. The van der Waals surface area contributed by atoms with Gasteiger partial charge in [0.2, 0.25) is 0 Å². The molecule has 0 spiro atoms. The van der Waals surface area contributed by atoms with Crippen molar-refractivity contribution in [3.63, 3.8) is 0 Å². The molecule has 2 aliphatic carbocycles. The lowest BCUT2D eigenvalue weighted by molar-refractivity contribution is -0.121. The van der Waals surface area contributed by atoms with Crippen molar-refractivity contribution < 1.29 is 4.79 Å². The summed E-state index contributed by atoms with van der Waals surface area (Å²) in [4.78, 5) is 14.2. The van der Waals surface area contributed by atoms with E-state index in [4.69, 9.17) is 0 Å². The van der Waals surface area contributed by atoms with E-state index in [9.17, 15) is 4.79 Å². The molecule has 7 rings (SSSR count). The van der Waals surface area contributed by atoms with Crippen molar-refractivity contribution in [3.8, 4) is 0 Å². The average molecular weight is 517 g/mol. The summed E-state index contributed by atoms with van der Waals surface area (Å²) in [7, 11) is 0. The molecule has 0 amide bonds. The van der Waals surface area contributed by atoms with Gasteiger partial charge in [0, 0.05) is 11.8 Å². The summed E-state index contributed by atoms with van der Waals surface area (Å²) in [6, 6.07) is 44.7. The number of rotatable bonds is 6. The predicted octanol–water partition coefficient (Wildman–Crippen LogP) is 6.84. The normalized spacial score (nSPS) is 17.1. The number of carbonyl (C=O) groups is 1. The Balaban J connectivity index is 1.34. The second-order valence-corrected chi connectivity index (χ2v) is 11.1. The van der Waals surface area contributed by atoms with E-state index in [0.717, 1.165) is 30.4 Å². The number of Topliss-reactive ketones (excluding diaryl/α,β-unsaturated/α-hetero) is 1. The van der Waals surface area contributed by atoms with Gasteiger partial charge in [0.15, 0.2) is 5.78 Å². The molecular formula is C39H32O. The maximum Gasteiger partial charge on any atom is 0.151 e. The Morgan fingerprint density at radius 2 is 1.25 bits per heavy atom. The van der Waals surface area contributed by atoms with Crippen LogP contribution in [0, 0.1) is 16.4 Å². The topological polar surface area (TPSA) is 17.1 Å². The minimum Gasteiger partial charge on any atom is -0.298 e. The molecule has 0 heterocycles. The van der Waals surface area contributed by atoms with Gasteiger partial charge in [0.1, 0.15) is 0 Å². The lowest BCUT2D eigenvalue weighted by atomic mass is 9.75. The highest BCUT2D eigenvalue weighted by Crippen LogP contribution is 2.34. The first-order valence-electron chi connectivity index (χ1n) is 14.4. The molecule has 2 aliphatic rings. The van der Waals surface area contributed by atoms with E-state index in [-0.39, 0.29) is 11.8 Å². The Morgan fingerprint density at radius 1 is 0.625 bits per heavy atom. The summed E-state index contributed by atoms with van der Waals surface area (Å²) in [5.74, 6) is 0.236. The van der Waals surface area contributed by atoms with E-state index in [1.54, 1.807) is 0 Å². The van der Waals surface area contributed by atoms with Gasteiger partial charge in [-0.2, -0.15) is 0 Å². The molecular weight excluding hydrogens is 484 g/mol. The third kappa shape index (κ3) is 4.52. The van der Waals surface area contributed by atoms with Crippen molar-refractivity contribution in [2.45, 2.75) is 31.1 Å². The molecule has 194 valence electrons. The first-order valence-corrected chi connectivity index (χ1v) is 14.4. The highest BCUT2D eigenvalue weighted by atomic mass is 16.1. The Hall–Kier alpha value is -4.49. The maximum atomic E-state index is 14.2. The van der Waals surface area contributed by atoms with Crippen molar-refractivity contribution in [2.75, 3.05) is 0 Å². The zero-order valence-electron chi connectivity index (χ0n) is 22.5. The molecule has 0 radical (unpaired) electrons. The summed E-state index contributed by atoms with van der Waals surface area (Å²) >= 11 is 0. The van der Waals surface area contributed by atoms with Gasteiger partial charge in [-0.3, -0.25) is 4.79 Å². The predicted molar refractivity (Wildman–Crippen MR) is 163 cm³/mol. The van der Waals surface area contributed by atoms with Crippen LogP contribution in [-0.4, -0.2) is 5.78 Å². The van der Waals surface area contributed by atoms with Gasteiger partial charge < -0.3 is 0 Å². The fraction of sp³-hybridized carbons (Fsp3) is 0.154. The van der Waals surface area contributed by atoms with Gasteiger partial charge in [0.25, 0.3) is 0 Å². The van der Waals surface area contributed by atoms with Crippen LogP contribution in [0.3, 0.4) is 0 Å². The maximum absolute atomic E-state index is 14.2. The summed E-state index contributed by atoms with van der Waals surface area (Å²) in [6.07, 6.45) is 7.47. The first kappa shape index (κ1) is 24.5. The van der Waals surface area contributed by atoms with Crippen LogP contribution >= 0.6 is 0 Å². The fourth-order valence-corrected chi connectivity index (χ4v) is 6.84. The van der Waals surface area contributed by atoms with Gasteiger partial charge in [-0.1, -0.05) is 140 Å². The second-order valence-electron chi connectivity index (χ2n) is 11.1. The number of ketones is 1. The first-order chi connectivity index (χ1) is 19.8. The van der Waals surface area contributed by atoms with Gasteiger partial charge in [-0.25, -0.2) is 0 Å². The quantitative estimate of drug-likeness (QED) is 0.242. The summed E-state index contributed by atoms with van der Waals surface area (Å²) in [6.45, 7) is 0. The third-order valence-electron chi connectivity index (χ3n) is 8.70. The second kappa shape index (κ2) is 10.6. The molecule has 1 unspecified atom stereocenters. The van der Waals surface area contributed by atoms with Crippen molar-refractivity contribution in [2.24, 2.45) is 5.92 Å². The Morgan fingerprint density at radius 3 is 1.95 bits per heavy atom. The van der Waals surface area contributed by atoms with Gasteiger partial charge >= 0.3 is 0 Å². The number of benzene rings is 5. The number of fused-ring (bicyclic) bond motifs is 4. The van der Waals surface area contributed by atoms with Crippen LogP contribution in [-0.2, 0) is 17.6 Å². The molecule has 0 saturated carbocycles. The molecule has 0 aromatic heterocycles. The van der Waals surface area contributed by atoms with Crippen LogP contribution in [0.5, 0.6) is 0 Å². The number of hydrogen-bond donors (Lipinski definition) is 0.